The summed E-state index contributed by atoms with van der Waals surface area (Å²) in [5, 5.41) is 39.0. The Kier molecular flexibility index (Phi) is 37.6. The Balaban J connectivity index is 0.000000180. The molecule has 0 saturated carbocycles. The number of nitrogens with one attached hydrogen (secondary N) is 7. The quantitative estimate of drug-likeness (QED) is 0.0170. The van der Waals surface area contributed by atoms with Crippen LogP contribution in [0.15, 0.2) is 286 Å². The number of H-pyrrole nitrogens is 4. The topological polar surface area (TPSA) is 446 Å². The summed E-state index contributed by atoms with van der Waals surface area (Å²) in [6.07, 6.45) is 6.25. The molecule has 16 N–H and O–H groups in total. The Morgan fingerprint density at radius 3 is 1.07 bits per heavy atom. The fourth-order valence-electron chi connectivity index (χ4n) is 17.1. The number of benzene rings is 11. The van der Waals surface area contributed by atoms with Crippen LogP contribution in [-0.2, 0) is 69.3 Å². The molecule has 0 saturated heterocycles. The third kappa shape index (κ3) is 31.2. The normalized spacial score (nSPS) is 12.5. The summed E-state index contributed by atoms with van der Waals surface area (Å²) in [4.78, 5) is 136. The summed E-state index contributed by atoms with van der Waals surface area (Å²) >= 11 is 0. The number of nitrogens with two attached hydrogens (primary N) is 3. The monoisotopic (exact) mass is 2000 g/mol. The molecular weight excluding hydrogens is 1880 g/mol. The van der Waals surface area contributed by atoms with E-state index in [1.165, 1.54) is 0 Å². The number of aromatic amines is 4. The number of aryl methyl sites for hydroxylation is 5. The van der Waals surface area contributed by atoms with Crippen LogP contribution in [0, 0.1) is 47.8 Å². The maximum atomic E-state index is 14.6. The number of primary amides is 2. The molecular formula is C118H129N19O12. The molecule has 0 fully saturated rings. The maximum Gasteiger partial charge on any atom is 0.408 e. The van der Waals surface area contributed by atoms with Crippen molar-refractivity contribution in [1.82, 2.24) is 70.5 Å². The second-order valence-electron chi connectivity index (χ2n) is 38.8. The molecule has 768 valence electrons. The number of ether oxygens (including phenoxy) is 2. The van der Waals surface area contributed by atoms with Crippen molar-refractivity contribution < 1.29 is 58.4 Å². The SMILES string of the molecule is Cc1cc(O)cc(C)c1C[C@H](N)C(=O)N(Cc1cccc(C(N)=O)c1)[C@@H](C)c1ncc(-c2ccccc2)[nH]1.Cc1cc(O)cc(C)c1C[C@H](NC(=O)OC(C)(C)C)C(=O)N(Cc1cccc(C(N)=O)c1)[C@@H](C)c1ncc(-c2ccccc2)[nH]1.[C-]#[N+]c1cccc(CN(C(=O)[C@H](Cc2ccc(O)cc2C)NC(=O)OC(C)(C)C)[C@@H](C)c2ncc(-c3ccccc3)[nH]2)c1.[C-]#[N+]c1cccc(CN[C@@H](C)c2ncc(-c3ccccc3)[nH]2)c1. The summed E-state index contributed by atoms with van der Waals surface area (Å²) in [5.41, 5.74) is 35.2. The molecule has 0 aliphatic heterocycles. The van der Waals surface area contributed by atoms with Crippen molar-refractivity contribution in [2.24, 2.45) is 17.2 Å². The fraction of sp³-hybridized carbons (Fsp3) is 0.263. The number of aromatic nitrogens is 8. The standard InChI is InChI=1S/C35H41N5O5.C34H37N5O4.C30H33N5O3.C19H18N4/c1-21-15-27(41)16-22(2)28(21)18-29(39-34(44)45-35(4,5)6)33(43)40(20-24-11-10-14-26(17-24)31(36)42)23(3)32-37-19-30(38-32)25-12-8-7-9-13-25;1-22-17-28(40)16-15-26(22)19-29(38-33(42)43-34(3,4)5)32(41)39(21-24-11-10-14-27(18-24)35-6)23(2)31-36-20-30(37-31)25-12-8-7-9-13-25;1-18-12-24(36)13-19(2)25(18)15-26(31)30(38)35(17-21-8-7-11-23(14-21)28(32)37)20(3)29-33-16-27(34-29)22-9-5-4-6-10-22;1-14(21-12-15-7-6-10-17(11-15)20-2)19-22-13-18(23-19)16-8-4-3-5-9-16/h7-17,19,23,29,41H,18,20H2,1-6H3,(H2,36,42)(H,37,38)(H,39,44);7-18,20,23,29,40H,19,21H2,1-5H3,(H,36,37)(H,38,42);4-14,16,20,26,36H,15,17,31H2,1-3H3,(H2,32,37)(H,33,34);3-11,13-14,21H,12H2,1H3,(H,22,23)/t2*23-,29-;20-,26-;14-/m0000/s1. The van der Waals surface area contributed by atoms with Crippen LogP contribution in [0.25, 0.3) is 54.7 Å². The van der Waals surface area contributed by atoms with Crippen molar-refractivity contribution in [3.05, 3.63) is 410 Å². The largest absolute Gasteiger partial charge is 0.508 e. The number of nitrogens with zero attached hydrogens (tertiary/aromatic N) is 9. The number of amides is 7. The molecule has 7 amide bonds. The molecule has 31 heteroatoms. The molecule has 4 aromatic heterocycles. The minimum Gasteiger partial charge on any atom is -0.508 e. The number of phenolic OH excluding ortho intramolecular Hbond substituents is 3. The van der Waals surface area contributed by atoms with Gasteiger partial charge in [-0.2, -0.15) is 0 Å². The molecule has 15 rings (SSSR count). The van der Waals surface area contributed by atoms with E-state index in [-0.39, 0.29) is 73.5 Å². The number of alkyl carbamates (subject to hydrolysis) is 2. The zero-order chi connectivity index (χ0) is 108. The highest BCUT2D eigenvalue weighted by Gasteiger charge is 2.37. The fourth-order valence-corrected chi connectivity index (χ4v) is 17.1. The number of imidazole rings is 4. The Bertz CT molecular complexity index is 7190. The molecule has 31 nitrogen and oxygen atoms in total. The molecule has 15 aromatic rings. The molecule has 0 bridgehead atoms. The van der Waals surface area contributed by atoms with Gasteiger partial charge in [0.15, 0.2) is 11.4 Å². The molecule has 0 radical (unpaired) electrons. The van der Waals surface area contributed by atoms with E-state index >= 15 is 0 Å². The number of rotatable bonds is 33. The van der Waals surface area contributed by atoms with Crippen molar-refractivity contribution >= 4 is 53.1 Å². The molecule has 0 unspecified atom stereocenters. The van der Waals surface area contributed by atoms with E-state index in [9.17, 15) is 48.9 Å². The Labute approximate surface area is 868 Å². The molecule has 0 aliphatic rings. The number of aromatic hydroxyl groups is 3. The van der Waals surface area contributed by atoms with Crippen LogP contribution >= 0.6 is 0 Å². The van der Waals surface area contributed by atoms with Crippen molar-refractivity contribution in [2.45, 2.75) is 203 Å². The first-order chi connectivity index (χ1) is 71.0. The second-order valence-corrected chi connectivity index (χ2v) is 38.8. The van der Waals surface area contributed by atoms with E-state index < -0.39 is 71.5 Å². The smallest absolute Gasteiger partial charge is 0.408 e. The predicted molar refractivity (Wildman–Crippen MR) is 577 cm³/mol. The lowest BCUT2D eigenvalue weighted by Crippen LogP contribution is -2.51. The van der Waals surface area contributed by atoms with Crippen LogP contribution in [-0.4, -0.2) is 141 Å². The van der Waals surface area contributed by atoms with Crippen LogP contribution in [0.2, 0.25) is 0 Å². The van der Waals surface area contributed by atoms with Gasteiger partial charge in [0.2, 0.25) is 29.5 Å². The van der Waals surface area contributed by atoms with E-state index in [2.05, 4.69) is 84.6 Å². The van der Waals surface area contributed by atoms with Gasteiger partial charge in [0.05, 0.1) is 90.9 Å². The van der Waals surface area contributed by atoms with Gasteiger partial charge in [0.25, 0.3) is 0 Å². The molecule has 7 atom stereocenters. The number of phenols is 3. The van der Waals surface area contributed by atoms with E-state index in [1.54, 1.807) is 172 Å². The first-order valence-electron chi connectivity index (χ1n) is 48.9. The number of hydrogen-bond donors (Lipinski definition) is 13. The predicted octanol–water partition coefficient (Wildman–Crippen LogP) is 21.2. The molecule has 0 spiro atoms. The summed E-state index contributed by atoms with van der Waals surface area (Å²) in [6.45, 7) is 43.2. The van der Waals surface area contributed by atoms with Crippen LogP contribution in [0.1, 0.15) is 204 Å². The molecule has 0 aliphatic carbocycles. The van der Waals surface area contributed by atoms with Crippen molar-refractivity contribution in [3.8, 4) is 62.3 Å². The van der Waals surface area contributed by atoms with Crippen molar-refractivity contribution in [1.29, 1.82) is 0 Å². The molecule has 4 heterocycles. The average Bonchev–Trinajstić information content (AvgIpc) is 1.64. The summed E-state index contributed by atoms with van der Waals surface area (Å²) in [7, 11) is 0. The average molecular weight is 2010 g/mol. The zero-order valence-corrected chi connectivity index (χ0v) is 86.4. The van der Waals surface area contributed by atoms with E-state index in [1.807, 2.05) is 213 Å². The summed E-state index contributed by atoms with van der Waals surface area (Å²) < 4.78 is 11.1. The van der Waals surface area contributed by atoms with Gasteiger partial charge in [-0.25, -0.2) is 39.2 Å². The van der Waals surface area contributed by atoms with Crippen LogP contribution in [0.5, 0.6) is 17.2 Å². The number of hydrogen-bond acceptors (Lipinski definition) is 18. The number of carbonyl (C=O) groups is 7. The lowest BCUT2D eigenvalue weighted by Gasteiger charge is -2.33. The Morgan fingerprint density at radius 1 is 0.383 bits per heavy atom. The summed E-state index contributed by atoms with van der Waals surface area (Å²) in [5.74, 6) is 0.949. The van der Waals surface area contributed by atoms with Crippen LogP contribution in [0.3, 0.4) is 0 Å². The highest BCUT2D eigenvalue weighted by Crippen LogP contribution is 2.35. The minimum absolute atomic E-state index is 0.0997. The first-order valence-corrected chi connectivity index (χ1v) is 48.9. The molecule has 149 heavy (non-hydrogen) atoms. The van der Waals surface area contributed by atoms with E-state index in [4.69, 9.17) is 39.8 Å². The van der Waals surface area contributed by atoms with Gasteiger partial charge in [-0.1, -0.05) is 200 Å². The van der Waals surface area contributed by atoms with E-state index in [0.29, 0.717) is 58.5 Å². The minimum atomic E-state index is -1.04. The number of carbonyl (C=O) groups excluding carboxylic acids is 7. The maximum absolute atomic E-state index is 14.6. The van der Waals surface area contributed by atoms with Crippen LogP contribution in [0.4, 0.5) is 21.0 Å². The van der Waals surface area contributed by atoms with Crippen molar-refractivity contribution in [2.75, 3.05) is 0 Å². The lowest BCUT2D eigenvalue weighted by molar-refractivity contribution is -0.137. The first kappa shape index (κ1) is 110. The third-order valence-electron chi connectivity index (χ3n) is 25.0. The van der Waals surface area contributed by atoms with Gasteiger partial charge in [-0.15, -0.1) is 0 Å². The van der Waals surface area contributed by atoms with E-state index in [0.717, 1.165) is 112 Å². The highest BCUT2D eigenvalue weighted by atomic mass is 16.6. The highest BCUT2D eigenvalue weighted by molar-refractivity contribution is 5.94. The Hall–Kier alpha value is -17.6. The lowest BCUT2D eigenvalue weighted by atomic mass is 9.95. The van der Waals surface area contributed by atoms with Gasteiger partial charge in [-0.05, 0) is 260 Å². The van der Waals surface area contributed by atoms with Gasteiger partial charge >= 0.3 is 12.2 Å². The molecule has 11 aromatic carbocycles. The van der Waals surface area contributed by atoms with Gasteiger partial charge in [-0.3, -0.25) is 24.0 Å². The Morgan fingerprint density at radius 2 is 0.705 bits per heavy atom. The summed E-state index contributed by atoms with van der Waals surface area (Å²) in [6, 6.07) is 75.1. The second kappa shape index (κ2) is 50.8. The zero-order valence-electron chi connectivity index (χ0n) is 86.4. The van der Waals surface area contributed by atoms with Gasteiger partial charge in [0.1, 0.15) is 63.8 Å². The van der Waals surface area contributed by atoms with Gasteiger partial charge in [0, 0.05) is 50.1 Å². The van der Waals surface area contributed by atoms with Crippen LogP contribution < -0.4 is 33.2 Å². The van der Waals surface area contributed by atoms with Crippen molar-refractivity contribution in [3.63, 3.8) is 0 Å². The third-order valence-corrected chi connectivity index (χ3v) is 25.0. The van der Waals surface area contributed by atoms with Gasteiger partial charge < -0.3 is 92.6 Å².